The Labute approximate surface area is 205 Å². The number of aromatic nitrogens is 3. The molecule has 3 aromatic carbocycles. The second kappa shape index (κ2) is 11.0. The highest BCUT2D eigenvalue weighted by Gasteiger charge is 2.25. The van der Waals surface area contributed by atoms with Crippen LogP contribution in [-0.2, 0) is 9.53 Å². The first-order valence-corrected chi connectivity index (χ1v) is 11.4. The van der Waals surface area contributed by atoms with Crippen LogP contribution >= 0.6 is 23.4 Å². The van der Waals surface area contributed by atoms with Crippen LogP contribution in [0.15, 0.2) is 95.2 Å². The van der Waals surface area contributed by atoms with Crippen molar-refractivity contribution in [3.8, 4) is 5.69 Å². The summed E-state index contributed by atoms with van der Waals surface area (Å²) < 4.78 is 6.58. The Morgan fingerprint density at radius 1 is 1.03 bits per heavy atom. The number of anilines is 1. The monoisotopic (exact) mass is 493 g/mol. The molecule has 4 rings (SSSR count). The van der Waals surface area contributed by atoms with Gasteiger partial charge in [0.15, 0.2) is 5.82 Å². The van der Waals surface area contributed by atoms with E-state index >= 15 is 0 Å². The SMILES string of the molecule is COC(=O)/C(=N/Nc1ccccc1Cl)Sc1nnc([C@@H](O)c2ccccc2)n1-c1ccccc1. The maximum absolute atomic E-state index is 12.5. The number of carbonyl (C=O) groups is 1. The Hall–Kier alpha value is -3.66. The first-order chi connectivity index (χ1) is 16.6. The highest BCUT2D eigenvalue weighted by molar-refractivity contribution is 8.15. The smallest absolute Gasteiger partial charge is 0.365 e. The molecule has 0 radical (unpaired) electrons. The van der Waals surface area contributed by atoms with Gasteiger partial charge in [0.1, 0.15) is 6.10 Å². The van der Waals surface area contributed by atoms with Gasteiger partial charge in [0.25, 0.3) is 0 Å². The van der Waals surface area contributed by atoms with E-state index in [1.807, 2.05) is 48.5 Å². The molecule has 0 spiro atoms. The number of thioether (sulfide) groups is 1. The largest absolute Gasteiger partial charge is 0.464 e. The van der Waals surface area contributed by atoms with Gasteiger partial charge in [0.05, 0.1) is 17.8 Å². The van der Waals surface area contributed by atoms with Crippen molar-refractivity contribution < 1.29 is 14.6 Å². The van der Waals surface area contributed by atoms with Crippen LogP contribution in [0.2, 0.25) is 5.02 Å². The maximum Gasteiger partial charge on any atom is 0.365 e. The summed E-state index contributed by atoms with van der Waals surface area (Å²) in [6, 6.07) is 25.4. The molecule has 1 aromatic heterocycles. The van der Waals surface area contributed by atoms with Crippen LogP contribution in [0.5, 0.6) is 0 Å². The topological polar surface area (TPSA) is 102 Å². The van der Waals surface area contributed by atoms with E-state index in [-0.39, 0.29) is 5.04 Å². The number of ether oxygens (including phenoxy) is 1. The molecule has 1 heterocycles. The summed E-state index contributed by atoms with van der Waals surface area (Å²) in [4.78, 5) is 12.5. The van der Waals surface area contributed by atoms with E-state index in [4.69, 9.17) is 16.3 Å². The summed E-state index contributed by atoms with van der Waals surface area (Å²) in [7, 11) is 1.26. The number of nitrogens with one attached hydrogen (secondary N) is 1. The number of hydrogen-bond acceptors (Lipinski definition) is 8. The fourth-order valence-electron chi connectivity index (χ4n) is 3.08. The van der Waals surface area contributed by atoms with Gasteiger partial charge in [-0.15, -0.1) is 10.2 Å². The van der Waals surface area contributed by atoms with Crippen molar-refractivity contribution in [1.82, 2.24) is 14.8 Å². The summed E-state index contributed by atoms with van der Waals surface area (Å²) in [5.41, 5.74) is 4.68. The minimum Gasteiger partial charge on any atom is -0.464 e. The van der Waals surface area contributed by atoms with Gasteiger partial charge in [-0.25, -0.2) is 4.79 Å². The number of hydrazone groups is 1. The summed E-state index contributed by atoms with van der Waals surface area (Å²) in [6.07, 6.45) is -1.04. The average molecular weight is 494 g/mol. The van der Waals surface area contributed by atoms with E-state index in [1.54, 1.807) is 41.0 Å². The van der Waals surface area contributed by atoms with Gasteiger partial charge in [-0.05, 0) is 41.6 Å². The van der Waals surface area contributed by atoms with Gasteiger partial charge < -0.3 is 9.84 Å². The molecule has 0 aliphatic carbocycles. The van der Waals surface area contributed by atoms with Gasteiger partial charge in [-0.3, -0.25) is 9.99 Å². The van der Waals surface area contributed by atoms with Crippen LogP contribution in [0.1, 0.15) is 17.5 Å². The first-order valence-electron chi connectivity index (χ1n) is 10.2. The lowest BCUT2D eigenvalue weighted by atomic mass is 10.1. The normalized spacial score (nSPS) is 12.3. The molecule has 2 N–H and O–H groups in total. The maximum atomic E-state index is 12.5. The number of esters is 1. The quantitative estimate of drug-likeness (QED) is 0.132. The molecule has 10 heteroatoms. The van der Waals surface area contributed by atoms with E-state index in [0.29, 0.717) is 32.9 Å². The lowest BCUT2D eigenvalue weighted by molar-refractivity contribution is -0.132. The molecule has 4 aromatic rings. The average Bonchev–Trinajstić information content (AvgIpc) is 3.31. The van der Waals surface area contributed by atoms with Crippen molar-refractivity contribution in [2.75, 3.05) is 12.5 Å². The molecule has 0 aliphatic rings. The van der Waals surface area contributed by atoms with E-state index in [0.717, 1.165) is 11.8 Å². The molecule has 1 atom stereocenters. The van der Waals surface area contributed by atoms with Crippen molar-refractivity contribution >= 4 is 40.1 Å². The van der Waals surface area contributed by atoms with Crippen LogP contribution in [-0.4, -0.2) is 38.0 Å². The van der Waals surface area contributed by atoms with Crippen LogP contribution in [0.25, 0.3) is 5.69 Å². The van der Waals surface area contributed by atoms with Crippen LogP contribution in [0, 0.1) is 0 Å². The summed E-state index contributed by atoms with van der Waals surface area (Å²) in [6.45, 7) is 0. The molecule has 34 heavy (non-hydrogen) atoms. The van der Waals surface area contributed by atoms with E-state index < -0.39 is 12.1 Å². The van der Waals surface area contributed by atoms with Gasteiger partial charge in [-0.2, -0.15) is 5.10 Å². The standard InChI is InChI=1S/C24H20ClN5O3S/c1-33-23(32)22(28-26-19-15-9-8-14-18(19)25)34-24-29-27-21(20(31)16-10-4-2-5-11-16)30(24)17-12-6-3-7-13-17/h2-15,20,26,31H,1H3/b28-22-/t20-/m0/s1. The second-order valence-corrected chi connectivity index (χ2v) is 8.29. The highest BCUT2D eigenvalue weighted by Crippen LogP contribution is 2.29. The number of halogens is 1. The summed E-state index contributed by atoms with van der Waals surface area (Å²) >= 11 is 7.12. The molecule has 0 saturated carbocycles. The fourth-order valence-corrected chi connectivity index (χ4v) is 4.06. The Kier molecular flexibility index (Phi) is 7.58. The third kappa shape index (κ3) is 5.28. The fraction of sp³-hybridized carbons (Fsp3) is 0.0833. The number of hydrogen-bond donors (Lipinski definition) is 2. The van der Waals surface area contributed by atoms with E-state index in [1.165, 1.54) is 7.11 Å². The van der Waals surface area contributed by atoms with Crippen molar-refractivity contribution in [3.05, 3.63) is 101 Å². The Balaban J connectivity index is 1.73. The lowest BCUT2D eigenvalue weighted by Crippen LogP contribution is -2.16. The molecule has 0 fully saturated rings. The first kappa shape index (κ1) is 23.5. The van der Waals surface area contributed by atoms with Crippen molar-refractivity contribution in [1.29, 1.82) is 0 Å². The molecule has 172 valence electrons. The summed E-state index contributed by atoms with van der Waals surface area (Å²) in [5.74, 6) is -0.375. The third-order valence-electron chi connectivity index (χ3n) is 4.73. The van der Waals surface area contributed by atoms with Gasteiger partial charge in [0, 0.05) is 5.69 Å². The zero-order chi connectivity index (χ0) is 23.9. The van der Waals surface area contributed by atoms with E-state index in [2.05, 4.69) is 20.7 Å². The van der Waals surface area contributed by atoms with Crippen LogP contribution < -0.4 is 5.43 Å². The molecule has 0 saturated heterocycles. The molecular formula is C24H20ClN5O3S. The molecular weight excluding hydrogens is 474 g/mol. The number of para-hydroxylation sites is 2. The van der Waals surface area contributed by atoms with Crippen LogP contribution in [0.3, 0.4) is 0 Å². The Morgan fingerprint density at radius 2 is 1.68 bits per heavy atom. The number of aliphatic hydroxyl groups excluding tert-OH is 1. The minimum atomic E-state index is -1.04. The minimum absolute atomic E-state index is 0.0206. The number of methoxy groups -OCH3 is 1. The van der Waals surface area contributed by atoms with Crippen LogP contribution in [0.4, 0.5) is 5.69 Å². The lowest BCUT2D eigenvalue weighted by Gasteiger charge is -2.14. The molecule has 0 bridgehead atoms. The zero-order valence-electron chi connectivity index (χ0n) is 18.0. The Morgan fingerprint density at radius 3 is 2.35 bits per heavy atom. The predicted octanol–water partition coefficient (Wildman–Crippen LogP) is 4.69. The van der Waals surface area contributed by atoms with Gasteiger partial charge >= 0.3 is 5.97 Å². The third-order valence-corrected chi connectivity index (χ3v) is 5.96. The molecule has 8 nitrogen and oxygen atoms in total. The molecule has 0 unspecified atom stereocenters. The number of aliphatic hydroxyl groups is 1. The second-order valence-electron chi connectivity index (χ2n) is 6.93. The number of carbonyl (C=O) groups excluding carboxylic acids is 1. The number of benzene rings is 3. The zero-order valence-corrected chi connectivity index (χ0v) is 19.6. The van der Waals surface area contributed by atoms with Crippen molar-refractivity contribution in [3.63, 3.8) is 0 Å². The van der Waals surface area contributed by atoms with Gasteiger partial charge in [0.2, 0.25) is 10.2 Å². The number of nitrogens with zero attached hydrogens (tertiary/aromatic N) is 4. The summed E-state index contributed by atoms with van der Waals surface area (Å²) in [5, 5.41) is 24.5. The Bertz CT molecular complexity index is 1300. The predicted molar refractivity (Wildman–Crippen MR) is 132 cm³/mol. The van der Waals surface area contributed by atoms with Gasteiger partial charge in [-0.1, -0.05) is 72.3 Å². The molecule has 0 amide bonds. The molecule has 0 aliphatic heterocycles. The number of rotatable bonds is 6. The van der Waals surface area contributed by atoms with E-state index in [9.17, 15) is 9.90 Å². The highest BCUT2D eigenvalue weighted by atomic mass is 35.5. The van der Waals surface area contributed by atoms with Crippen molar-refractivity contribution in [2.24, 2.45) is 5.10 Å². The van der Waals surface area contributed by atoms with Crippen molar-refractivity contribution in [2.45, 2.75) is 11.3 Å².